The summed E-state index contributed by atoms with van der Waals surface area (Å²) in [6.07, 6.45) is 0.682. The van der Waals surface area contributed by atoms with Crippen LogP contribution in [0.1, 0.15) is 62.3 Å². The number of amides is 2. The van der Waals surface area contributed by atoms with Crippen molar-refractivity contribution in [3.05, 3.63) is 113 Å². The van der Waals surface area contributed by atoms with E-state index in [4.69, 9.17) is 9.47 Å². The third-order valence-corrected chi connectivity index (χ3v) is 8.76. The number of fused-ring (bicyclic) bond motifs is 1. The third kappa shape index (κ3) is 5.43. The zero-order valence-corrected chi connectivity index (χ0v) is 23.5. The van der Waals surface area contributed by atoms with Crippen LogP contribution < -0.4 is 0 Å². The number of imide groups is 1. The van der Waals surface area contributed by atoms with Gasteiger partial charge in [0.15, 0.2) is 11.4 Å². The molecule has 210 valence electrons. The van der Waals surface area contributed by atoms with Gasteiger partial charge in [-0.1, -0.05) is 79.3 Å². The summed E-state index contributed by atoms with van der Waals surface area (Å²) < 4.78 is 14.9. The van der Waals surface area contributed by atoms with Crippen molar-refractivity contribution in [1.82, 2.24) is 19.7 Å². The van der Waals surface area contributed by atoms with Crippen molar-refractivity contribution >= 4 is 23.6 Å². The summed E-state index contributed by atoms with van der Waals surface area (Å²) in [6.45, 7) is 2.29. The van der Waals surface area contributed by atoms with Crippen LogP contribution >= 0.6 is 11.8 Å². The van der Waals surface area contributed by atoms with Gasteiger partial charge in [-0.05, 0) is 28.8 Å². The molecule has 6 rings (SSSR count). The quantitative estimate of drug-likeness (QED) is 0.240. The van der Waals surface area contributed by atoms with E-state index in [9.17, 15) is 14.7 Å². The number of rotatable bonds is 8. The molecule has 1 N–H and O–H groups in total. The first-order valence-electron chi connectivity index (χ1n) is 13.4. The van der Waals surface area contributed by atoms with Gasteiger partial charge in [-0.2, -0.15) is 0 Å². The molecule has 0 saturated carbocycles. The lowest BCUT2D eigenvalue weighted by molar-refractivity contribution is -0.268. The molecular weight excluding hydrogens is 540 g/mol. The molecule has 9 nitrogen and oxygen atoms in total. The van der Waals surface area contributed by atoms with Crippen LogP contribution in [0.5, 0.6) is 0 Å². The highest BCUT2D eigenvalue weighted by molar-refractivity contribution is 7.99. The van der Waals surface area contributed by atoms with Gasteiger partial charge in [0, 0.05) is 24.3 Å². The van der Waals surface area contributed by atoms with Crippen LogP contribution in [-0.2, 0) is 29.7 Å². The van der Waals surface area contributed by atoms with Crippen LogP contribution in [0.15, 0.2) is 84.3 Å². The summed E-state index contributed by atoms with van der Waals surface area (Å²) in [5, 5.41) is 18.5. The number of carbonyl (C=O) groups excluding carboxylic acids is 2. The zero-order valence-electron chi connectivity index (χ0n) is 22.7. The summed E-state index contributed by atoms with van der Waals surface area (Å²) in [4.78, 5) is 26.9. The van der Waals surface area contributed by atoms with E-state index < -0.39 is 6.29 Å². The van der Waals surface area contributed by atoms with E-state index in [2.05, 4.69) is 17.1 Å². The molecule has 3 aromatic carbocycles. The maximum Gasteiger partial charge on any atom is 0.261 e. The molecule has 3 heterocycles. The Morgan fingerprint density at radius 1 is 0.878 bits per heavy atom. The Hall–Kier alpha value is -3.83. The van der Waals surface area contributed by atoms with E-state index in [1.807, 2.05) is 60.1 Å². The Kier molecular flexibility index (Phi) is 7.72. The molecule has 0 unspecified atom stereocenters. The lowest BCUT2D eigenvalue weighted by Crippen LogP contribution is -2.38. The SMILES string of the molecule is C[C@@H]1[C@H](CSc2nncn2C)O[C@H](c2ccc(CN3C(=O)c4ccccc4C3=O)cc2)O[C@@H]1c1ccc(CO)cc1. The van der Waals surface area contributed by atoms with E-state index in [0.717, 1.165) is 27.4 Å². The number of aromatic nitrogens is 3. The molecule has 2 amide bonds. The normalized spacial score (nSPS) is 22.3. The first kappa shape index (κ1) is 27.3. The number of benzene rings is 3. The van der Waals surface area contributed by atoms with Crippen molar-refractivity contribution < 1.29 is 24.2 Å². The summed E-state index contributed by atoms with van der Waals surface area (Å²) in [5.41, 5.74) is 4.41. The number of carbonyl (C=O) groups is 2. The first-order chi connectivity index (χ1) is 19.9. The third-order valence-electron chi connectivity index (χ3n) is 7.64. The largest absolute Gasteiger partial charge is 0.392 e. The Morgan fingerprint density at radius 3 is 2.12 bits per heavy atom. The molecule has 10 heteroatoms. The van der Waals surface area contributed by atoms with E-state index in [0.29, 0.717) is 16.9 Å². The molecular formula is C31H30N4O5S. The number of nitrogens with zero attached hydrogens (tertiary/aromatic N) is 4. The molecule has 1 aromatic heterocycles. The molecule has 2 aliphatic rings. The number of hydrogen-bond acceptors (Lipinski definition) is 8. The van der Waals surface area contributed by atoms with Gasteiger partial charge < -0.3 is 19.1 Å². The molecule has 2 aliphatic heterocycles. The van der Waals surface area contributed by atoms with E-state index in [-0.39, 0.29) is 43.1 Å². The van der Waals surface area contributed by atoms with E-state index in [1.165, 1.54) is 4.90 Å². The van der Waals surface area contributed by atoms with Crippen molar-refractivity contribution in [3.63, 3.8) is 0 Å². The van der Waals surface area contributed by atoms with Gasteiger partial charge in [-0.15, -0.1) is 10.2 Å². The van der Waals surface area contributed by atoms with Gasteiger partial charge in [-0.3, -0.25) is 14.5 Å². The fourth-order valence-corrected chi connectivity index (χ4v) is 6.27. The van der Waals surface area contributed by atoms with Gasteiger partial charge in [0.1, 0.15) is 6.33 Å². The minimum atomic E-state index is -0.618. The summed E-state index contributed by atoms with van der Waals surface area (Å²) in [5.74, 6) is 0.151. The molecule has 0 spiro atoms. The predicted octanol–water partition coefficient (Wildman–Crippen LogP) is 4.69. The number of hydrogen-bond donors (Lipinski definition) is 1. The molecule has 1 saturated heterocycles. The van der Waals surface area contributed by atoms with Crippen molar-refractivity contribution in [1.29, 1.82) is 0 Å². The van der Waals surface area contributed by atoms with E-state index >= 15 is 0 Å². The molecule has 0 aliphatic carbocycles. The molecule has 4 atom stereocenters. The Balaban J connectivity index is 1.21. The van der Waals surface area contributed by atoms with Crippen LogP contribution in [0.3, 0.4) is 0 Å². The second-order valence-electron chi connectivity index (χ2n) is 10.3. The average molecular weight is 571 g/mol. The smallest absolute Gasteiger partial charge is 0.261 e. The van der Waals surface area contributed by atoms with Crippen LogP contribution in [0.4, 0.5) is 0 Å². The van der Waals surface area contributed by atoms with Crippen LogP contribution in [0.25, 0.3) is 0 Å². The molecule has 4 aromatic rings. The molecule has 1 fully saturated rings. The van der Waals surface area contributed by atoms with E-state index in [1.54, 1.807) is 42.4 Å². The minimum Gasteiger partial charge on any atom is -0.392 e. The summed E-state index contributed by atoms with van der Waals surface area (Å²) >= 11 is 1.59. The number of aliphatic hydroxyl groups excluding tert-OH is 1. The van der Waals surface area contributed by atoms with Gasteiger partial charge in [-0.25, -0.2) is 0 Å². The van der Waals surface area contributed by atoms with Crippen LogP contribution in [0.2, 0.25) is 0 Å². The van der Waals surface area contributed by atoms with Gasteiger partial charge in [0.2, 0.25) is 0 Å². The Labute approximate surface area is 242 Å². The van der Waals surface area contributed by atoms with Crippen molar-refractivity contribution in [2.75, 3.05) is 5.75 Å². The molecule has 41 heavy (non-hydrogen) atoms. The summed E-state index contributed by atoms with van der Waals surface area (Å²) in [6, 6.07) is 22.4. The molecule has 0 bridgehead atoms. The highest BCUT2D eigenvalue weighted by Crippen LogP contribution is 2.43. The van der Waals surface area contributed by atoms with Crippen LogP contribution in [0, 0.1) is 5.92 Å². The second kappa shape index (κ2) is 11.6. The van der Waals surface area contributed by atoms with Crippen molar-refractivity contribution in [2.45, 2.75) is 43.7 Å². The Morgan fingerprint density at radius 2 is 1.51 bits per heavy atom. The monoisotopic (exact) mass is 570 g/mol. The first-order valence-corrected chi connectivity index (χ1v) is 14.4. The second-order valence-corrected chi connectivity index (χ2v) is 11.3. The summed E-state index contributed by atoms with van der Waals surface area (Å²) in [7, 11) is 1.91. The highest BCUT2D eigenvalue weighted by Gasteiger charge is 2.39. The minimum absolute atomic E-state index is 0.0167. The average Bonchev–Trinajstić information content (AvgIpc) is 3.53. The number of ether oxygens (including phenoxy) is 2. The van der Waals surface area contributed by atoms with Crippen molar-refractivity contribution in [3.8, 4) is 0 Å². The fourth-order valence-electron chi connectivity index (χ4n) is 5.22. The lowest BCUT2D eigenvalue weighted by atomic mass is 9.91. The fraction of sp³-hybridized carbons (Fsp3) is 0.290. The number of aryl methyl sites for hydroxylation is 1. The lowest BCUT2D eigenvalue weighted by Gasteiger charge is -2.41. The zero-order chi connectivity index (χ0) is 28.5. The Bertz CT molecular complexity index is 1520. The maximum absolute atomic E-state index is 12.8. The van der Waals surface area contributed by atoms with Gasteiger partial charge in [0.25, 0.3) is 11.8 Å². The van der Waals surface area contributed by atoms with Crippen LogP contribution in [-0.4, -0.2) is 48.4 Å². The van der Waals surface area contributed by atoms with Gasteiger partial charge in [0.05, 0.1) is 36.5 Å². The predicted molar refractivity (Wildman–Crippen MR) is 152 cm³/mol. The molecule has 0 radical (unpaired) electrons. The number of aliphatic hydroxyl groups is 1. The number of thioether (sulfide) groups is 1. The topological polar surface area (TPSA) is 107 Å². The maximum atomic E-state index is 12.8. The highest BCUT2D eigenvalue weighted by atomic mass is 32.2. The standard InChI is InChI=1S/C31H30N4O5S/c1-19-26(17-41-31-33-32-18-34(31)2)39-30(40-27(19)22-11-9-21(16-36)10-12-22)23-13-7-20(8-14-23)15-35-28(37)24-5-3-4-6-25(24)29(35)38/h3-14,18-19,26-27,30,36H,15-17H2,1-2H3/t19-,26+,27+,30+/m1/s1. The van der Waals surface area contributed by atoms with Gasteiger partial charge >= 0.3 is 0 Å². The van der Waals surface area contributed by atoms with Crippen molar-refractivity contribution in [2.24, 2.45) is 13.0 Å².